The third-order valence-electron chi connectivity index (χ3n) is 2.49. The van der Waals surface area contributed by atoms with E-state index in [0.29, 0.717) is 6.04 Å². The minimum absolute atomic E-state index is 0.212. The van der Waals surface area contributed by atoms with Gasteiger partial charge in [-0.1, -0.05) is 0 Å². The molecule has 12 heavy (non-hydrogen) atoms. The molecule has 3 heteroatoms. The molecule has 70 valence electrons. The van der Waals surface area contributed by atoms with Crippen molar-refractivity contribution in [3.63, 3.8) is 0 Å². The van der Waals surface area contributed by atoms with Gasteiger partial charge in [-0.2, -0.15) is 0 Å². The van der Waals surface area contributed by atoms with E-state index in [1.807, 2.05) is 11.8 Å². The first kappa shape index (κ1) is 9.52. The van der Waals surface area contributed by atoms with E-state index >= 15 is 0 Å². The maximum absolute atomic E-state index is 11.2. The Morgan fingerprint density at radius 3 is 2.50 bits per heavy atom. The number of hydrogen-bond donors (Lipinski definition) is 1. The van der Waals surface area contributed by atoms with Crippen molar-refractivity contribution in [2.45, 2.75) is 32.7 Å². The summed E-state index contributed by atoms with van der Waals surface area (Å²) in [7, 11) is 0. The first-order valence-corrected chi connectivity index (χ1v) is 4.73. The standard InChI is InChI=1S/C9H18N2O/c1-3-11(8(2)12)9-4-6-10-7-5-9/h9-10H,3-7H2,1-2H3. The number of amides is 1. The second kappa shape index (κ2) is 4.45. The minimum Gasteiger partial charge on any atom is -0.340 e. The van der Waals surface area contributed by atoms with Crippen LogP contribution in [0.3, 0.4) is 0 Å². The van der Waals surface area contributed by atoms with Crippen molar-refractivity contribution in [3.05, 3.63) is 0 Å². The Kier molecular flexibility index (Phi) is 3.53. The molecule has 0 radical (unpaired) electrons. The highest BCUT2D eigenvalue weighted by Gasteiger charge is 2.20. The van der Waals surface area contributed by atoms with Gasteiger partial charge >= 0.3 is 0 Å². The van der Waals surface area contributed by atoms with Gasteiger partial charge in [-0.25, -0.2) is 0 Å². The van der Waals surface area contributed by atoms with Crippen molar-refractivity contribution in [3.8, 4) is 0 Å². The number of hydrogen-bond acceptors (Lipinski definition) is 2. The number of carbonyl (C=O) groups excluding carboxylic acids is 1. The van der Waals surface area contributed by atoms with E-state index in [1.54, 1.807) is 6.92 Å². The normalized spacial score (nSPS) is 19.2. The van der Waals surface area contributed by atoms with Crippen molar-refractivity contribution < 1.29 is 4.79 Å². The topological polar surface area (TPSA) is 32.3 Å². The maximum atomic E-state index is 11.2. The number of carbonyl (C=O) groups is 1. The molecule has 1 fully saturated rings. The number of nitrogens with zero attached hydrogens (tertiary/aromatic N) is 1. The van der Waals surface area contributed by atoms with Crippen LogP contribution in [0.4, 0.5) is 0 Å². The summed E-state index contributed by atoms with van der Waals surface area (Å²) in [6.45, 7) is 6.65. The van der Waals surface area contributed by atoms with E-state index in [4.69, 9.17) is 0 Å². The Bertz CT molecular complexity index is 153. The van der Waals surface area contributed by atoms with Crippen LogP contribution in [-0.2, 0) is 4.79 Å². The summed E-state index contributed by atoms with van der Waals surface area (Å²) in [6, 6.07) is 0.480. The third-order valence-corrected chi connectivity index (χ3v) is 2.49. The zero-order valence-corrected chi connectivity index (χ0v) is 7.97. The molecule has 0 aromatic carbocycles. The lowest BCUT2D eigenvalue weighted by Gasteiger charge is -2.33. The summed E-state index contributed by atoms with van der Waals surface area (Å²) in [4.78, 5) is 13.2. The van der Waals surface area contributed by atoms with Gasteiger partial charge in [0.05, 0.1) is 0 Å². The van der Waals surface area contributed by atoms with Gasteiger partial charge in [-0.3, -0.25) is 4.79 Å². The molecule has 1 amide bonds. The molecule has 0 atom stereocenters. The Morgan fingerprint density at radius 2 is 2.08 bits per heavy atom. The lowest BCUT2D eigenvalue weighted by molar-refractivity contribution is -0.131. The smallest absolute Gasteiger partial charge is 0.219 e. The molecule has 1 heterocycles. The van der Waals surface area contributed by atoms with Crippen molar-refractivity contribution in [2.24, 2.45) is 0 Å². The van der Waals surface area contributed by atoms with Crippen LogP contribution in [0, 0.1) is 0 Å². The van der Waals surface area contributed by atoms with E-state index in [0.717, 1.165) is 32.5 Å². The summed E-state index contributed by atoms with van der Waals surface area (Å²) < 4.78 is 0. The molecule has 0 aliphatic carbocycles. The molecule has 0 spiro atoms. The van der Waals surface area contributed by atoms with Crippen LogP contribution in [0.25, 0.3) is 0 Å². The summed E-state index contributed by atoms with van der Waals surface area (Å²) in [5.74, 6) is 0.212. The average Bonchev–Trinajstić information content (AvgIpc) is 2.07. The molecule has 1 aliphatic rings. The van der Waals surface area contributed by atoms with Crippen LogP contribution < -0.4 is 5.32 Å². The van der Waals surface area contributed by atoms with Crippen LogP contribution in [-0.4, -0.2) is 36.5 Å². The van der Waals surface area contributed by atoms with Gasteiger partial charge in [0.2, 0.25) is 5.91 Å². The van der Waals surface area contributed by atoms with Crippen LogP contribution in [0.5, 0.6) is 0 Å². The van der Waals surface area contributed by atoms with Gasteiger partial charge in [-0.15, -0.1) is 0 Å². The van der Waals surface area contributed by atoms with Gasteiger partial charge in [0.15, 0.2) is 0 Å². The quantitative estimate of drug-likeness (QED) is 0.658. The van der Waals surface area contributed by atoms with Gasteiger partial charge in [0, 0.05) is 19.5 Å². The first-order chi connectivity index (χ1) is 5.75. The number of nitrogens with one attached hydrogen (secondary N) is 1. The zero-order valence-electron chi connectivity index (χ0n) is 7.97. The van der Waals surface area contributed by atoms with E-state index in [2.05, 4.69) is 5.32 Å². The molecule has 0 unspecified atom stereocenters. The van der Waals surface area contributed by atoms with E-state index in [-0.39, 0.29) is 5.91 Å². The van der Waals surface area contributed by atoms with Crippen LogP contribution >= 0.6 is 0 Å². The minimum atomic E-state index is 0.212. The maximum Gasteiger partial charge on any atom is 0.219 e. The van der Waals surface area contributed by atoms with Crippen molar-refractivity contribution in [2.75, 3.05) is 19.6 Å². The SMILES string of the molecule is CCN(C(C)=O)C1CCNCC1. The summed E-state index contributed by atoms with van der Waals surface area (Å²) in [5.41, 5.74) is 0. The molecule has 0 aromatic rings. The lowest BCUT2D eigenvalue weighted by atomic mass is 10.1. The fourth-order valence-corrected chi connectivity index (χ4v) is 1.86. The van der Waals surface area contributed by atoms with Gasteiger partial charge in [0.1, 0.15) is 0 Å². The third kappa shape index (κ3) is 2.21. The van der Waals surface area contributed by atoms with Crippen LogP contribution in [0.15, 0.2) is 0 Å². The van der Waals surface area contributed by atoms with Gasteiger partial charge in [0.25, 0.3) is 0 Å². The summed E-state index contributed by atoms with van der Waals surface area (Å²) >= 11 is 0. The highest BCUT2D eigenvalue weighted by Crippen LogP contribution is 2.11. The first-order valence-electron chi connectivity index (χ1n) is 4.73. The van der Waals surface area contributed by atoms with Crippen LogP contribution in [0.1, 0.15) is 26.7 Å². The summed E-state index contributed by atoms with van der Waals surface area (Å²) in [5, 5.41) is 3.29. The molecular formula is C9H18N2O. The molecule has 1 N–H and O–H groups in total. The van der Waals surface area contributed by atoms with Crippen molar-refractivity contribution in [1.29, 1.82) is 0 Å². The Morgan fingerprint density at radius 1 is 1.50 bits per heavy atom. The van der Waals surface area contributed by atoms with Crippen LogP contribution in [0.2, 0.25) is 0 Å². The lowest BCUT2D eigenvalue weighted by Crippen LogP contribution is -2.45. The molecule has 1 aliphatic heterocycles. The molecule has 1 saturated heterocycles. The van der Waals surface area contributed by atoms with E-state index in [9.17, 15) is 4.79 Å². The second-order valence-electron chi connectivity index (χ2n) is 3.29. The molecule has 3 nitrogen and oxygen atoms in total. The van der Waals surface area contributed by atoms with Gasteiger partial charge < -0.3 is 10.2 Å². The highest BCUT2D eigenvalue weighted by molar-refractivity contribution is 5.73. The Hall–Kier alpha value is -0.570. The molecular weight excluding hydrogens is 152 g/mol. The molecule has 1 rings (SSSR count). The van der Waals surface area contributed by atoms with Crippen molar-refractivity contribution in [1.82, 2.24) is 10.2 Å². The monoisotopic (exact) mass is 170 g/mol. The average molecular weight is 170 g/mol. The fraction of sp³-hybridized carbons (Fsp3) is 0.889. The van der Waals surface area contributed by atoms with E-state index in [1.165, 1.54) is 0 Å². The summed E-state index contributed by atoms with van der Waals surface area (Å²) in [6.07, 6.45) is 2.21. The molecule has 0 saturated carbocycles. The molecule has 0 aromatic heterocycles. The largest absolute Gasteiger partial charge is 0.340 e. The highest BCUT2D eigenvalue weighted by atomic mass is 16.2. The second-order valence-corrected chi connectivity index (χ2v) is 3.29. The zero-order chi connectivity index (χ0) is 8.97. The number of piperidine rings is 1. The fourth-order valence-electron chi connectivity index (χ4n) is 1.86. The Labute approximate surface area is 74.1 Å². The van der Waals surface area contributed by atoms with Crippen molar-refractivity contribution >= 4 is 5.91 Å². The van der Waals surface area contributed by atoms with Gasteiger partial charge in [-0.05, 0) is 32.9 Å². The Balaban J connectivity index is 2.46. The predicted molar refractivity (Wildman–Crippen MR) is 49.0 cm³/mol. The number of rotatable bonds is 2. The predicted octanol–water partition coefficient (Wildman–Crippen LogP) is 0.607. The van der Waals surface area contributed by atoms with E-state index < -0.39 is 0 Å². The molecule has 0 bridgehead atoms.